The van der Waals surface area contributed by atoms with Gasteiger partial charge in [0.05, 0.1) is 34.8 Å². The third-order valence-electron chi connectivity index (χ3n) is 6.09. The minimum atomic E-state index is -0.223. The SMILES string of the molecule is Cn1cc(-c2ccc(Nc3nn([C@H]4CCCCC4C#N)c4cc[nH]c(=O)c34)cc2Cl)cn1. The molecule has 1 aliphatic carbocycles. The number of hydrogen-bond donors (Lipinski definition) is 2. The van der Waals surface area contributed by atoms with E-state index < -0.39 is 0 Å². The molecule has 0 aliphatic heterocycles. The Balaban J connectivity index is 1.54. The number of nitrogens with one attached hydrogen (secondary N) is 2. The molecule has 0 radical (unpaired) electrons. The van der Waals surface area contributed by atoms with E-state index in [1.807, 2.05) is 42.2 Å². The number of pyridine rings is 1. The lowest BCUT2D eigenvalue weighted by molar-refractivity contribution is 0.277. The lowest BCUT2D eigenvalue weighted by atomic mass is 9.85. The van der Waals surface area contributed by atoms with Gasteiger partial charge in [0, 0.05) is 36.3 Å². The molecule has 162 valence electrons. The van der Waals surface area contributed by atoms with Crippen LogP contribution in [0, 0.1) is 17.2 Å². The number of anilines is 2. The summed E-state index contributed by atoms with van der Waals surface area (Å²) in [4.78, 5) is 15.4. The molecule has 1 unspecified atom stereocenters. The normalized spacial score (nSPS) is 18.5. The van der Waals surface area contributed by atoms with Crippen LogP contribution in [0.5, 0.6) is 0 Å². The molecule has 3 aromatic heterocycles. The zero-order valence-corrected chi connectivity index (χ0v) is 18.3. The maximum absolute atomic E-state index is 12.7. The molecular weight excluding hydrogens is 426 g/mol. The first-order valence-corrected chi connectivity index (χ1v) is 11.0. The van der Waals surface area contributed by atoms with Crippen LogP contribution in [-0.2, 0) is 7.05 Å². The van der Waals surface area contributed by atoms with Gasteiger partial charge < -0.3 is 10.3 Å². The Kier molecular flexibility index (Phi) is 5.19. The third kappa shape index (κ3) is 3.55. The first-order chi connectivity index (χ1) is 15.5. The van der Waals surface area contributed by atoms with E-state index in [2.05, 4.69) is 21.5 Å². The van der Waals surface area contributed by atoms with Crippen molar-refractivity contribution in [2.75, 3.05) is 5.32 Å². The molecule has 0 spiro atoms. The maximum Gasteiger partial charge on any atom is 0.261 e. The summed E-state index contributed by atoms with van der Waals surface area (Å²) in [6.07, 6.45) is 9.09. The summed E-state index contributed by atoms with van der Waals surface area (Å²) >= 11 is 6.55. The van der Waals surface area contributed by atoms with Crippen LogP contribution in [0.4, 0.5) is 11.5 Å². The number of H-pyrrole nitrogens is 1. The van der Waals surface area contributed by atoms with Gasteiger partial charge in [-0.05, 0) is 31.0 Å². The second-order valence-corrected chi connectivity index (χ2v) is 8.58. The van der Waals surface area contributed by atoms with Crippen molar-refractivity contribution in [3.8, 4) is 17.2 Å². The fourth-order valence-corrected chi connectivity index (χ4v) is 4.81. The highest BCUT2D eigenvalue weighted by atomic mass is 35.5. The number of aryl methyl sites for hydroxylation is 1. The van der Waals surface area contributed by atoms with Gasteiger partial charge in [-0.3, -0.25) is 14.2 Å². The summed E-state index contributed by atoms with van der Waals surface area (Å²) in [6.45, 7) is 0. The fraction of sp³-hybridized carbons (Fsp3) is 0.304. The number of aromatic nitrogens is 5. The lowest BCUT2D eigenvalue weighted by Crippen LogP contribution is -2.23. The molecule has 32 heavy (non-hydrogen) atoms. The first kappa shape index (κ1) is 20.3. The molecule has 0 saturated heterocycles. The minimum absolute atomic E-state index is 0.0508. The van der Waals surface area contributed by atoms with Crippen molar-refractivity contribution in [2.45, 2.75) is 31.7 Å². The largest absolute Gasteiger partial charge is 0.338 e. The Bertz CT molecular complexity index is 1390. The molecule has 5 rings (SSSR count). The van der Waals surface area contributed by atoms with Crippen molar-refractivity contribution >= 4 is 34.0 Å². The molecule has 8 nitrogen and oxygen atoms in total. The van der Waals surface area contributed by atoms with Gasteiger partial charge in [-0.25, -0.2) is 0 Å². The summed E-state index contributed by atoms with van der Waals surface area (Å²) in [5.41, 5.74) is 3.02. The Hall–Kier alpha value is -3.57. The summed E-state index contributed by atoms with van der Waals surface area (Å²) < 4.78 is 3.58. The molecular formula is C23H22ClN7O. The van der Waals surface area contributed by atoms with Crippen molar-refractivity contribution in [2.24, 2.45) is 13.0 Å². The molecule has 9 heteroatoms. The van der Waals surface area contributed by atoms with Crippen molar-refractivity contribution in [1.82, 2.24) is 24.5 Å². The molecule has 1 aliphatic rings. The molecule has 2 atom stereocenters. The van der Waals surface area contributed by atoms with Crippen molar-refractivity contribution in [3.05, 3.63) is 58.2 Å². The van der Waals surface area contributed by atoms with E-state index >= 15 is 0 Å². The van der Waals surface area contributed by atoms with Crippen LogP contribution in [0.25, 0.3) is 22.0 Å². The van der Waals surface area contributed by atoms with Gasteiger partial charge in [-0.2, -0.15) is 15.5 Å². The van der Waals surface area contributed by atoms with E-state index in [4.69, 9.17) is 16.7 Å². The highest BCUT2D eigenvalue weighted by molar-refractivity contribution is 6.33. The maximum atomic E-state index is 12.7. The first-order valence-electron chi connectivity index (χ1n) is 10.6. The van der Waals surface area contributed by atoms with Crippen LogP contribution < -0.4 is 10.9 Å². The van der Waals surface area contributed by atoms with Crippen LogP contribution in [0.3, 0.4) is 0 Å². The smallest absolute Gasteiger partial charge is 0.261 e. The quantitative estimate of drug-likeness (QED) is 0.468. The lowest BCUT2D eigenvalue weighted by Gasteiger charge is -2.27. The summed E-state index contributed by atoms with van der Waals surface area (Å²) in [6, 6.07) is 9.85. The van der Waals surface area contributed by atoms with Crippen molar-refractivity contribution in [1.29, 1.82) is 5.26 Å². The predicted octanol–water partition coefficient (Wildman–Crippen LogP) is 4.78. The summed E-state index contributed by atoms with van der Waals surface area (Å²) in [5.74, 6) is 0.335. The highest BCUT2D eigenvalue weighted by Crippen LogP contribution is 2.37. The summed E-state index contributed by atoms with van der Waals surface area (Å²) in [7, 11) is 1.86. The molecule has 4 aromatic rings. The van der Waals surface area contributed by atoms with Crippen LogP contribution in [0.15, 0.2) is 47.7 Å². The standard InChI is InChI=1S/C23H22ClN7O/c1-30-13-15(12-27-30)17-7-6-16(10-18(17)24)28-22-21-20(8-9-26-23(21)32)31(29-22)19-5-3-2-4-14(19)11-25/h6-10,12-14,19H,2-5H2,1H3,(H,26,32)(H,28,29)/t14?,19-/m0/s1. The number of benzene rings is 1. The van der Waals surface area contributed by atoms with Gasteiger partial charge in [0.15, 0.2) is 5.82 Å². The highest BCUT2D eigenvalue weighted by Gasteiger charge is 2.29. The second-order valence-electron chi connectivity index (χ2n) is 8.17. The minimum Gasteiger partial charge on any atom is -0.338 e. The van der Waals surface area contributed by atoms with E-state index in [0.29, 0.717) is 16.2 Å². The number of fused-ring (bicyclic) bond motifs is 1. The van der Waals surface area contributed by atoms with Crippen molar-refractivity contribution in [3.63, 3.8) is 0 Å². The van der Waals surface area contributed by atoms with Crippen LogP contribution in [-0.4, -0.2) is 24.5 Å². The van der Waals surface area contributed by atoms with Gasteiger partial charge in [0.2, 0.25) is 0 Å². The molecule has 1 fully saturated rings. The average Bonchev–Trinajstić information content (AvgIpc) is 3.38. The number of nitriles is 1. The Labute approximate surface area is 189 Å². The van der Waals surface area contributed by atoms with Crippen LogP contribution >= 0.6 is 11.6 Å². The molecule has 0 bridgehead atoms. The van der Waals surface area contributed by atoms with Gasteiger partial charge in [0.1, 0.15) is 5.39 Å². The van der Waals surface area contributed by atoms with E-state index in [0.717, 1.165) is 48.0 Å². The van der Waals surface area contributed by atoms with E-state index in [1.165, 1.54) is 0 Å². The Morgan fingerprint density at radius 3 is 2.88 bits per heavy atom. The fourth-order valence-electron chi connectivity index (χ4n) is 4.52. The Morgan fingerprint density at radius 1 is 1.28 bits per heavy atom. The van der Waals surface area contributed by atoms with Crippen LogP contribution in [0.1, 0.15) is 31.7 Å². The number of aromatic amines is 1. The van der Waals surface area contributed by atoms with Crippen molar-refractivity contribution < 1.29 is 0 Å². The van der Waals surface area contributed by atoms with Gasteiger partial charge in [-0.1, -0.05) is 30.5 Å². The van der Waals surface area contributed by atoms with Gasteiger partial charge in [0.25, 0.3) is 5.56 Å². The van der Waals surface area contributed by atoms with E-state index in [9.17, 15) is 10.1 Å². The number of rotatable bonds is 4. The molecule has 0 amide bonds. The average molecular weight is 448 g/mol. The number of nitrogens with zero attached hydrogens (tertiary/aromatic N) is 5. The number of halogens is 1. The van der Waals surface area contributed by atoms with E-state index in [-0.39, 0.29) is 17.5 Å². The van der Waals surface area contributed by atoms with Crippen LogP contribution in [0.2, 0.25) is 5.02 Å². The van der Waals surface area contributed by atoms with Gasteiger partial charge in [-0.15, -0.1) is 0 Å². The van der Waals surface area contributed by atoms with E-state index in [1.54, 1.807) is 17.1 Å². The monoisotopic (exact) mass is 447 g/mol. The molecule has 1 saturated carbocycles. The zero-order chi connectivity index (χ0) is 22.2. The topological polar surface area (TPSA) is 104 Å². The predicted molar refractivity (Wildman–Crippen MR) is 124 cm³/mol. The molecule has 2 N–H and O–H groups in total. The Morgan fingerprint density at radius 2 is 2.12 bits per heavy atom. The van der Waals surface area contributed by atoms with Gasteiger partial charge >= 0.3 is 0 Å². The second kappa shape index (κ2) is 8.17. The zero-order valence-electron chi connectivity index (χ0n) is 17.5. The number of hydrogen-bond acceptors (Lipinski definition) is 5. The molecule has 3 heterocycles. The summed E-state index contributed by atoms with van der Waals surface area (Å²) in [5, 5.41) is 22.9. The molecule has 1 aromatic carbocycles. The third-order valence-corrected chi connectivity index (χ3v) is 6.40.